The highest BCUT2D eigenvalue weighted by molar-refractivity contribution is 5.96. The maximum Gasteiger partial charge on any atom is 0.259 e. The Balaban J connectivity index is 1.66. The summed E-state index contributed by atoms with van der Waals surface area (Å²) < 4.78 is 5.48. The third kappa shape index (κ3) is 4.01. The number of carbonyl (C=O) groups is 2. The monoisotopic (exact) mass is 381 g/mol. The quantitative estimate of drug-likeness (QED) is 0.799. The van der Waals surface area contributed by atoms with Crippen molar-refractivity contribution in [3.8, 4) is 5.88 Å². The van der Waals surface area contributed by atoms with Gasteiger partial charge in [-0.1, -0.05) is 30.3 Å². The van der Waals surface area contributed by atoms with Crippen molar-refractivity contribution in [1.29, 1.82) is 0 Å². The molecular formula is C22H27N3O3. The van der Waals surface area contributed by atoms with Crippen molar-refractivity contribution in [1.82, 2.24) is 14.8 Å². The minimum Gasteiger partial charge on any atom is -0.477 e. The maximum atomic E-state index is 13.1. The topological polar surface area (TPSA) is 62.7 Å². The molecule has 28 heavy (non-hydrogen) atoms. The van der Waals surface area contributed by atoms with Gasteiger partial charge in [0, 0.05) is 32.4 Å². The molecule has 0 spiro atoms. The van der Waals surface area contributed by atoms with Gasteiger partial charge in [-0.05, 0) is 38.5 Å². The van der Waals surface area contributed by atoms with Crippen LogP contribution in [0.25, 0.3) is 0 Å². The van der Waals surface area contributed by atoms with E-state index in [9.17, 15) is 9.59 Å². The van der Waals surface area contributed by atoms with Crippen LogP contribution in [0.1, 0.15) is 36.7 Å². The van der Waals surface area contributed by atoms with E-state index in [1.165, 1.54) is 0 Å². The largest absolute Gasteiger partial charge is 0.477 e. The molecule has 1 aliphatic rings. The molecule has 1 aromatic carbocycles. The van der Waals surface area contributed by atoms with E-state index >= 15 is 0 Å². The molecule has 0 radical (unpaired) electrons. The van der Waals surface area contributed by atoms with E-state index in [1.54, 1.807) is 23.2 Å². The fraction of sp³-hybridized carbons (Fsp3) is 0.409. The third-order valence-electron chi connectivity index (χ3n) is 5.17. The zero-order valence-corrected chi connectivity index (χ0v) is 16.7. The minimum atomic E-state index is -0.598. The first-order chi connectivity index (χ1) is 13.4. The molecule has 0 unspecified atom stereocenters. The van der Waals surface area contributed by atoms with Gasteiger partial charge in [0.25, 0.3) is 5.91 Å². The molecule has 1 saturated heterocycles. The predicted octanol–water partition coefficient (Wildman–Crippen LogP) is 2.74. The average molecular weight is 381 g/mol. The van der Waals surface area contributed by atoms with Crippen LogP contribution in [0, 0.1) is 0 Å². The van der Waals surface area contributed by atoms with Gasteiger partial charge < -0.3 is 14.5 Å². The van der Waals surface area contributed by atoms with Gasteiger partial charge in [-0.2, -0.15) is 0 Å². The summed E-state index contributed by atoms with van der Waals surface area (Å²) in [5.74, 6) is 0.340. The maximum absolute atomic E-state index is 13.1. The molecule has 6 nitrogen and oxygen atoms in total. The smallest absolute Gasteiger partial charge is 0.259 e. The van der Waals surface area contributed by atoms with Crippen molar-refractivity contribution >= 4 is 11.8 Å². The summed E-state index contributed by atoms with van der Waals surface area (Å²) in [5, 5.41) is 0. The number of ether oxygens (including phenoxy) is 1. The van der Waals surface area contributed by atoms with E-state index in [0.29, 0.717) is 44.2 Å². The van der Waals surface area contributed by atoms with E-state index in [1.807, 2.05) is 56.0 Å². The van der Waals surface area contributed by atoms with Crippen molar-refractivity contribution in [2.75, 3.05) is 32.8 Å². The number of piperazine rings is 1. The molecule has 6 heteroatoms. The second-order valence-corrected chi connectivity index (χ2v) is 7.36. The number of hydrogen-bond donors (Lipinski definition) is 0. The molecule has 3 rings (SSSR count). The normalized spacial score (nSPS) is 14.7. The Kier molecular flexibility index (Phi) is 5.97. The highest BCUT2D eigenvalue weighted by atomic mass is 16.5. The molecule has 0 bridgehead atoms. The molecule has 1 aromatic heterocycles. The van der Waals surface area contributed by atoms with Gasteiger partial charge in [-0.15, -0.1) is 0 Å². The van der Waals surface area contributed by atoms with Gasteiger partial charge in [-0.25, -0.2) is 4.98 Å². The summed E-state index contributed by atoms with van der Waals surface area (Å²) in [6.07, 6.45) is 1.62. The molecule has 2 amide bonds. The molecule has 1 aliphatic heterocycles. The molecule has 148 valence electrons. The number of hydrogen-bond acceptors (Lipinski definition) is 4. The molecule has 0 saturated carbocycles. The highest BCUT2D eigenvalue weighted by Crippen LogP contribution is 2.26. The fourth-order valence-corrected chi connectivity index (χ4v) is 3.46. The van der Waals surface area contributed by atoms with Crippen LogP contribution in [0.4, 0.5) is 0 Å². The lowest BCUT2D eigenvalue weighted by atomic mass is 9.83. The average Bonchev–Trinajstić information content (AvgIpc) is 2.74. The van der Waals surface area contributed by atoms with Crippen LogP contribution in [0.3, 0.4) is 0 Å². The van der Waals surface area contributed by atoms with Gasteiger partial charge in [0.05, 0.1) is 12.0 Å². The number of amides is 2. The van der Waals surface area contributed by atoms with E-state index in [0.717, 1.165) is 5.56 Å². The zero-order chi connectivity index (χ0) is 20.1. The third-order valence-corrected chi connectivity index (χ3v) is 5.17. The van der Waals surface area contributed by atoms with Crippen LogP contribution >= 0.6 is 0 Å². The summed E-state index contributed by atoms with van der Waals surface area (Å²) in [5.41, 5.74) is 0.864. The second kappa shape index (κ2) is 8.42. The number of benzene rings is 1. The molecular weight excluding hydrogens is 354 g/mol. The van der Waals surface area contributed by atoms with Crippen LogP contribution in [-0.4, -0.2) is 59.4 Å². The molecule has 2 heterocycles. The second-order valence-electron chi connectivity index (χ2n) is 7.36. The van der Waals surface area contributed by atoms with E-state index < -0.39 is 5.41 Å². The fourth-order valence-electron chi connectivity index (χ4n) is 3.46. The number of nitrogens with zero attached hydrogens (tertiary/aromatic N) is 3. The first-order valence-electron chi connectivity index (χ1n) is 9.67. The summed E-state index contributed by atoms with van der Waals surface area (Å²) in [6, 6.07) is 13.3. The first kappa shape index (κ1) is 19.9. The number of carbonyl (C=O) groups excluding carboxylic acids is 2. The van der Waals surface area contributed by atoms with Crippen LogP contribution in [-0.2, 0) is 10.2 Å². The Morgan fingerprint density at radius 2 is 1.64 bits per heavy atom. The van der Waals surface area contributed by atoms with Crippen molar-refractivity contribution in [3.05, 3.63) is 59.8 Å². The highest BCUT2D eigenvalue weighted by Gasteiger charge is 2.36. The van der Waals surface area contributed by atoms with E-state index in [-0.39, 0.29) is 11.8 Å². The zero-order valence-electron chi connectivity index (χ0n) is 16.7. The van der Waals surface area contributed by atoms with Gasteiger partial charge in [0.1, 0.15) is 5.56 Å². The lowest BCUT2D eigenvalue weighted by molar-refractivity contribution is -0.137. The molecule has 2 aromatic rings. The standard InChI is InChI=1S/C22H27N3O3/c1-4-28-19-18(11-8-12-23-19)20(26)24-13-15-25(16-14-24)21(27)22(2,3)17-9-6-5-7-10-17/h5-12H,4,13-16H2,1-3H3. The predicted molar refractivity (Wildman–Crippen MR) is 107 cm³/mol. The van der Waals surface area contributed by atoms with Crippen LogP contribution in [0.15, 0.2) is 48.7 Å². The van der Waals surface area contributed by atoms with Crippen molar-refractivity contribution < 1.29 is 14.3 Å². The first-order valence-corrected chi connectivity index (χ1v) is 9.67. The Bertz CT molecular complexity index is 828. The van der Waals surface area contributed by atoms with Gasteiger partial charge in [0.15, 0.2) is 0 Å². The lowest BCUT2D eigenvalue weighted by Gasteiger charge is -2.38. The SMILES string of the molecule is CCOc1ncccc1C(=O)N1CCN(C(=O)C(C)(C)c2ccccc2)CC1. The lowest BCUT2D eigenvalue weighted by Crippen LogP contribution is -2.54. The van der Waals surface area contributed by atoms with Crippen LogP contribution in [0.5, 0.6) is 5.88 Å². The van der Waals surface area contributed by atoms with Crippen LogP contribution in [0.2, 0.25) is 0 Å². The van der Waals surface area contributed by atoms with Gasteiger partial charge in [0.2, 0.25) is 11.8 Å². The van der Waals surface area contributed by atoms with Crippen molar-refractivity contribution in [3.63, 3.8) is 0 Å². The Morgan fingerprint density at radius 1 is 1.00 bits per heavy atom. The van der Waals surface area contributed by atoms with E-state index in [2.05, 4.69) is 4.98 Å². The molecule has 0 atom stereocenters. The number of pyridine rings is 1. The van der Waals surface area contributed by atoms with E-state index in [4.69, 9.17) is 4.74 Å². The summed E-state index contributed by atoms with van der Waals surface area (Å²) >= 11 is 0. The molecule has 0 N–H and O–H groups in total. The number of aromatic nitrogens is 1. The Hall–Kier alpha value is -2.89. The van der Waals surface area contributed by atoms with Crippen LogP contribution < -0.4 is 4.74 Å². The number of rotatable bonds is 5. The molecule has 0 aliphatic carbocycles. The summed E-state index contributed by atoms with van der Waals surface area (Å²) in [4.78, 5) is 33.8. The minimum absolute atomic E-state index is 0.0854. The Morgan fingerprint density at radius 3 is 2.29 bits per heavy atom. The Labute approximate surface area is 166 Å². The van der Waals surface area contributed by atoms with Gasteiger partial charge >= 0.3 is 0 Å². The van der Waals surface area contributed by atoms with Crippen molar-refractivity contribution in [2.24, 2.45) is 0 Å². The summed E-state index contributed by atoms with van der Waals surface area (Å²) in [6.45, 7) is 8.25. The van der Waals surface area contributed by atoms with Gasteiger partial charge in [-0.3, -0.25) is 9.59 Å². The summed E-state index contributed by atoms with van der Waals surface area (Å²) in [7, 11) is 0. The molecule has 1 fully saturated rings. The van der Waals surface area contributed by atoms with Crippen molar-refractivity contribution in [2.45, 2.75) is 26.2 Å².